The Morgan fingerprint density at radius 1 is 1.22 bits per heavy atom. The Morgan fingerprint density at radius 2 is 2.00 bits per heavy atom. The van der Waals surface area contributed by atoms with Gasteiger partial charge in [-0.3, -0.25) is 19.6 Å². The highest BCUT2D eigenvalue weighted by atomic mass is 16.5. The number of nitrogens with zero attached hydrogens (tertiary/aromatic N) is 1. The van der Waals surface area contributed by atoms with Crippen LogP contribution in [0.1, 0.15) is 29.2 Å². The van der Waals surface area contributed by atoms with E-state index < -0.39 is 17.2 Å². The van der Waals surface area contributed by atoms with E-state index in [1.807, 2.05) is 32.0 Å². The number of H-pyrrole nitrogens is 2. The van der Waals surface area contributed by atoms with E-state index in [2.05, 4.69) is 20.3 Å². The molecule has 140 valence electrons. The molecule has 27 heavy (non-hydrogen) atoms. The molecule has 0 spiro atoms. The Labute approximate surface area is 154 Å². The van der Waals surface area contributed by atoms with Gasteiger partial charge in [0.15, 0.2) is 0 Å². The van der Waals surface area contributed by atoms with Gasteiger partial charge in [0.05, 0.1) is 5.39 Å². The monoisotopic (exact) mass is 368 g/mol. The predicted molar refractivity (Wildman–Crippen MR) is 102 cm³/mol. The molecular weight excluding hydrogens is 348 g/mol. The standard InChI is InChI=1S/C19H20N4O4/c1-10-5-4-6-15(11(10)2)20-8-14-13(9-27-12(3)24)7-21-17-16(14)18(25)23-19(26)22-17/h4-7,20H,8-9H2,1-3H3,(H2,21,22,23,25,26). The molecule has 0 aliphatic heterocycles. The number of esters is 1. The molecule has 0 unspecified atom stereocenters. The van der Waals surface area contributed by atoms with E-state index in [1.165, 1.54) is 13.1 Å². The minimum Gasteiger partial charge on any atom is -0.461 e. The Morgan fingerprint density at radius 3 is 2.74 bits per heavy atom. The van der Waals surface area contributed by atoms with Crippen molar-refractivity contribution >= 4 is 22.7 Å². The Bertz CT molecular complexity index is 1130. The second kappa shape index (κ2) is 7.45. The average Bonchev–Trinajstić information content (AvgIpc) is 2.61. The Balaban J connectivity index is 2.07. The van der Waals surface area contributed by atoms with Crippen LogP contribution in [0.4, 0.5) is 5.69 Å². The molecule has 0 saturated heterocycles. The van der Waals surface area contributed by atoms with Gasteiger partial charge in [-0.15, -0.1) is 0 Å². The van der Waals surface area contributed by atoms with E-state index in [1.54, 1.807) is 0 Å². The van der Waals surface area contributed by atoms with Crippen LogP contribution in [0.15, 0.2) is 34.0 Å². The van der Waals surface area contributed by atoms with Crippen molar-refractivity contribution in [3.8, 4) is 0 Å². The second-order valence-corrected chi connectivity index (χ2v) is 6.28. The lowest BCUT2D eigenvalue weighted by Gasteiger charge is -2.15. The topological polar surface area (TPSA) is 117 Å². The van der Waals surface area contributed by atoms with Crippen LogP contribution >= 0.6 is 0 Å². The zero-order valence-electron chi connectivity index (χ0n) is 15.3. The fraction of sp³-hybridized carbons (Fsp3) is 0.263. The summed E-state index contributed by atoms with van der Waals surface area (Å²) in [6.07, 6.45) is 1.50. The summed E-state index contributed by atoms with van der Waals surface area (Å²) in [7, 11) is 0. The number of hydrogen-bond acceptors (Lipinski definition) is 6. The maximum absolute atomic E-state index is 12.4. The summed E-state index contributed by atoms with van der Waals surface area (Å²) in [6.45, 7) is 5.62. The summed E-state index contributed by atoms with van der Waals surface area (Å²) in [5.41, 5.74) is 3.39. The number of pyridine rings is 1. The normalized spacial score (nSPS) is 10.8. The fourth-order valence-electron chi connectivity index (χ4n) is 2.86. The largest absolute Gasteiger partial charge is 0.461 e. The van der Waals surface area contributed by atoms with Crippen LogP contribution in [-0.2, 0) is 22.7 Å². The molecule has 0 aliphatic carbocycles. The molecule has 8 heteroatoms. The molecule has 0 amide bonds. The molecule has 3 rings (SSSR count). The van der Waals surface area contributed by atoms with E-state index >= 15 is 0 Å². The number of aromatic nitrogens is 3. The van der Waals surface area contributed by atoms with Crippen LogP contribution < -0.4 is 16.6 Å². The number of aryl methyl sites for hydroxylation is 1. The Hall–Kier alpha value is -3.42. The molecule has 0 radical (unpaired) electrons. The van der Waals surface area contributed by atoms with Crippen LogP contribution in [0.3, 0.4) is 0 Å². The highest BCUT2D eigenvalue weighted by Crippen LogP contribution is 2.22. The molecule has 0 saturated carbocycles. The summed E-state index contributed by atoms with van der Waals surface area (Å²) in [4.78, 5) is 44.0. The number of anilines is 1. The van der Waals surface area contributed by atoms with Gasteiger partial charge >= 0.3 is 11.7 Å². The minimum atomic E-state index is -0.624. The molecule has 0 bridgehead atoms. The van der Waals surface area contributed by atoms with Crippen molar-refractivity contribution in [1.82, 2.24) is 15.0 Å². The molecule has 3 N–H and O–H groups in total. The fourth-order valence-corrected chi connectivity index (χ4v) is 2.86. The van der Waals surface area contributed by atoms with Crippen molar-refractivity contribution in [3.05, 3.63) is 67.5 Å². The van der Waals surface area contributed by atoms with Gasteiger partial charge in [0.2, 0.25) is 0 Å². The van der Waals surface area contributed by atoms with Crippen LogP contribution in [0.5, 0.6) is 0 Å². The van der Waals surface area contributed by atoms with Crippen molar-refractivity contribution in [2.75, 3.05) is 5.32 Å². The minimum absolute atomic E-state index is 0.0132. The third-order valence-corrected chi connectivity index (χ3v) is 4.45. The van der Waals surface area contributed by atoms with Gasteiger partial charge in [-0.25, -0.2) is 9.78 Å². The van der Waals surface area contributed by atoms with Gasteiger partial charge in [-0.05, 0) is 36.6 Å². The van der Waals surface area contributed by atoms with Gasteiger partial charge in [0, 0.05) is 30.9 Å². The number of fused-ring (bicyclic) bond motifs is 1. The van der Waals surface area contributed by atoms with Crippen LogP contribution in [-0.4, -0.2) is 20.9 Å². The van der Waals surface area contributed by atoms with E-state index in [4.69, 9.17) is 4.74 Å². The molecule has 3 aromatic rings. The van der Waals surface area contributed by atoms with Crippen molar-refractivity contribution in [1.29, 1.82) is 0 Å². The third-order valence-electron chi connectivity index (χ3n) is 4.45. The molecule has 2 heterocycles. The molecule has 0 fully saturated rings. The van der Waals surface area contributed by atoms with Crippen LogP contribution in [0.2, 0.25) is 0 Å². The number of carbonyl (C=O) groups excluding carboxylic acids is 1. The highest BCUT2D eigenvalue weighted by molar-refractivity contribution is 5.79. The first-order valence-electron chi connectivity index (χ1n) is 8.43. The van der Waals surface area contributed by atoms with Gasteiger partial charge in [0.25, 0.3) is 5.56 Å². The second-order valence-electron chi connectivity index (χ2n) is 6.28. The van der Waals surface area contributed by atoms with Crippen LogP contribution in [0.25, 0.3) is 11.0 Å². The SMILES string of the molecule is CC(=O)OCc1cnc2[nH]c(=O)[nH]c(=O)c2c1CNc1cccc(C)c1C. The lowest BCUT2D eigenvalue weighted by molar-refractivity contribution is -0.142. The summed E-state index contributed by atoms with van der Waals surface area (Å²) in [5.74, 6) is -0.432. The zero-order chi connectivity index (χ0) is 19.6. The van der Waals surface area contributed by atoms with Gasteiger partial charge in [-0.2, -0.15) is 0 Å². The number of rotatable bonds is 5. The highest BCUT2D eigenvalue weighted by Gasteiger charge is 2.15. The lowest BCUT2D eigenvalue weighted by Crippen LogP contribution is -2.24. The van der Waals surface area contributed by atoms with Crippen molar-refractivity contribution < 1.29 is 9.53 Å². The smallest absolute Gasteiger partial charge is 0.327 e. The summed E-state index contributed by atoms with van der Waals surface area (Å²) in [6, 6.07) is 5.91. The van der Waals surface area contributed by atoms with Crippen molar-refractivity contribution in [3.63, 3.8) is 0 Å². The molecule has 2 aromatic heterocycles. The molecular formula is C19H20N4O4. The molecule has 1 aromatic carbocycles. The van der Waals surface area contributed by atoms with Gasteiger partial charge < -0.3 is 10.1 Å². The summed E-state index contributed by atoms with van der Waals surface area (Å²) >= 11 is 0. The number of ether oxygens (including phenoxy) is 1. The number of aromatic amines is 2. The van der Waals surface area contributed by atoms with Gasteiger partial charge in [-0.1, -0.05) is 12.1 Å². The predicted octanol–water partition coefficient (Wildman–Crippen LogP) is 1.90. The number of benzene rings is 1. The third kappa shape index (κ3) is 3.89. The lowest BCUT2D eigenvalue weighted by atomic mass is 10.1. The summed E-state index contributed by atoms with van der Waals surface area (Å²) in [5, 5.41) is 3.58. The van der Waals surface area contributed by atoms with Crippen molar-refractivity contribution in [2.24, 2.45) is 0 Å². The maximum Gasteiger partial charge on any atom is 0.327 e. The zero-order valence-corrected chi connectivity index (χ0v) is 15.3. The average molecular weight is 368 g/mol. The first-order valence-corrected chi connectivity index (χ1v) is 8.43. The van der Waals surface area contributed by atoms with Gasteiger partial charge in [0.1, 0.15) is 12.3 Å². The molecule has 8 nitrogen and oxygen atoms in total. The van der Waals surface area contributed by atoms with Crippen LogP contribution in [0, 0.1) is 13.8 Å². The molecule has 0 aliphatic rings. The number of hydrogen-bond donors (Lipinski definition) is 3. The molecule has 0 atom stereocenters. The van der Waals surface area contributed by atoms with E-state index in [9.17, 15) is 14.4 Å². The quantitative estimate of drug-likeness (QED) is 0.592. The number of carbonyl (C=O) groups is 1. The maximum atomic E-state index is 12.4. The van der Waals surface area contributed by atoms with Crippen molar-refractivity contribution in [2.45, 2.75) is 33.9 Å². The van der Waals surface area contributed by atoms with E-state index in [0.29, 0.717) is 17.7 Å². The first-order chi connectivity index (χ1) is 12.9. The first kappa shape index (κ1) is 18.4. The Kier molecular flexibility index (Phi) is 5.07. The van der Waals surface area contributed by atoms with E-state index in [0.717, 1.165) is 16.8 Å². The summed E-state index contributed by atoms with van der Waals surface area (Å²) < 4.78 is 5.09. The van der Waals surface area contributed by atoms with E-state index in [-0.39, 0.29) is 17.6 Å². The number of nitrogens with one attached hydrogen (secondary N) is 3.